The van der Waals surface area contributed by atoms with E-state index >= 15 is 0 Å². The van der Waals surface area contributed by atoms with E-state index < -0.39 is 28.9 Å². The number of benzene rings is 2. The van der Waals surface area contributed by atoms with Crippen LogP contribution in [-0.4, -0.2) is 49.9 Å². The average molecular weight is 470 g/mol. The highest BCUT2D eigenvalue weighted by Gasteiger charge is 2.36. The van der Waals surface area contributed by atoms with Crippen LogP contribution in [0.3, 0.4) is 0 Å². The van der Waals surface area contributed by atoms with Gasteiger partial charge in [-0.05, 0) is 43.0 Å². The highest BCUT2D eigenvalue weighted by molar-refractivity contribution is 5.98. The highest BCUT2D eigenvalue weighted by atomic mass is 19.1. The van der Waals surface area contributed by atoms with Crippen molar-refractivity contribution in [3.05, 3.63) is 65.7 Å². The van der Waals surface area contributed by atoms with E-state index in [1.165, 1.54) is 35.5 Å². The highest BCUT2D eigenvalue weighted by Crippen LogP contribution is 2.29. The number of piperidine rings is 1. The number of hydrogen-bond acceptors (Lipinski definition) is 6. The number of halogens is 3. The molecule has 0 saturated carbocycles. The van der Waals surface area contributed by atoms with Gasteiger partial charge in [0.1, 0.15) is 28.4 Å². The van der Waals surface area contributed by atoms with Crippen molar-refractivity contribution < 1.29 is 22.4 Å². The molecule has 8 nitrogen and oxygen atoms in total. The lowest BCUT2D eigenvalue weighted by atomic mass is 9.90. The molecule has 1 aliphatic rings. The molecule has 1 aliphatic heterocycles. The Labute approximate surface area is 192 Å². The van der Waals surface area contributed by atoms with E-state index in [2.05, 4.69) is 20.5 Å². The number of carbonyl (C=O) groups is 1. The van der Waals surface area contributed by atoms with Gasteiger partial charge in [0, 0.05) is 19.2 Å². The van der Waals surface area contributed by atoms with E-state index in [1.807, 2.05) is 6.92 Å². The second-order valence-electron chi connectivity index (χ2n) is 8.27. The monoisotopic (exact) mass is 470 g/mol. The van der Waals surface area contributed by atoms with Crippen LogP contribution in [-0.2, 0) is 0 Å². The van der Waals surface area contributed by atoms with Crippen molar-refractivity contribution in [3.8, 4) is 5.69 Å². The number of oxazole rings is 1. The summed E-state index contributed by atoms with van der Waals surface area (Å²) in [6, 6.07) is 5.74. The predicted molar refractivity (Wildman–Crippen MR) is 117 cm³/mol. The third kappa shape index (κ3) is 3.97. The minimum absolute atomic E-state index is 0.0647. The van der Waals surface area contributed by atoms with Gasteiger partial charge in [-0.2, -0.15) is 15.2 Å². The van der Waals surface area contributed by atoms with Gasteiger partial charge < -0.3 is 14.6 Å². The second-order valence-corrected chi connectivity index (χ2v) is 8.27. The van der Waals surface area contributed by atoms with Gasteiger partial charge in [0.25, 0.3) is 11.9 Å². The van der Waals surface area contributed by atoms with Gasteiger partial charge in [0.15, 0.2) is 11.4 Å². The SMILES string of the molecule is C[C@@H]1CCCN(C(=O)c2c(F)ccc(F)c2-n2nccn2)[C@@H]1CNc1nc2ccc(F)cc2o1. The molecule has 2 aromatic heterocycles. The molecule has 1 saturated heterocycles. The molecule has 3 heterocycles. The summed E-state index contributed by atoms with van der Waals surface area (Å²) in [6.07, 6.45) is 4.22. The van der Waals surface area contributed by atoms with Crippen LogP contribution < -0.4 is 5.32 Å². The molecule has 1 amide bonds. The fourth-order valence-corrected chi connectivity index (χ4v) is 4.39. The number of anilines is 1. The van der Waals surface area contributed by atoms with Crippen LogP contribution in [0, 0.1) is 23.4 Å². The van der Waals surface area contributed by atoms with Crippen LogP contribution in [0.2, 0.25) is 0 Å². The zero-order chi connectivity index (χ0) is 23.8. The number of rotatable bonds is 5. The van der Waals surface area contributed by atoms with Crippen LogP contribution in [0.25, 0.3) is 16.8 Å². The molecule has 0 aliphatic carbocycles. The number of carbonyl (C=O) groups excluding carboxylic acids is 1. The summed E-state index contributed by atoms with van der Waals surface area (Å²) in [6.45, 7) is 2.62. The lowest BCUT2D eigenvalue weighted by molar-refractivity contribution is 0.0533. The lowest BCUT2D eigenvalue weighted by Gasteiger charge is -2.40. The second kappa shape index (κ2) is 8.81. The van der Waals surface area contributed by atoms with E-state index in [1.54, 1.807) is 0 Å². The fourth-order valence-electron chi connectivity index (χ4n) is 4.39. The maximum Gasteiger partial charge on any atom is 0.295 e. The van der Waals surface area contributed by atoms with Crippen LogP contribution in [0.5, 0.6) is 0 Å². The average Bonchev–Trinajstić information content (AvgIpc) is 3.48. The van der Waals surface area contributed by atoms with E-state index in [-0.39, 0.29) is 30.2 Å². The molecule has 11 heteroatoms. The van der Waals surface area contributed by atoms with Crippen LogP contribution >= 0.6 is 0 Å². The molecular weight excluding hydrogens is 449 g/mol. The molecule has 1 N–H and O–H groups in total. The Morgan fingerprint density at radius 1 is 1.15 bits per heavy atom. The van der Waals surface area contributed by atoms with E-state index in [9.17, 15) is 18.0 Å². The zero-order valence-electron chi connectivity index (χ0n) is 18.2. The summed E-state index contributed by atoms with van der Waals surface area (Å²) in [4.78, 5) is 20.3. The molecule has 0 radical (unpaired) electrons. The van der Waals surface area contributed by atoms with Crippen molar-refractivity contribution in [1.29, 1.82) is 0 Å². The lowest BCUT2D eigenvalue weighted by Crippen LogP contribution is -2.51. The van der Waals surface area contributed by atoms with Gasteiger partial charge in [0.2, 0.25) is 0 Å². The Morgan fingerprint density at radius 2 is 1.91 bits per heavy atom. The molecule has 0 unspecified atom stereocenters. The maximum absolute atomic E-state index is 14.9. The molecule has 176 valence electrons. The van der Waals surface area contributed by atoms with Gasteiger partial charge in [-0.1, -0.05) is 6.92 Å². The maximum atomic E-state index is 14.9. The Bertz CT molecular complexity index is 1340. The summed E-state index contributed by atoms with van der Waals surface area (Å²) < 4.78 is 48.6. The first-order valence-electron chi connectivity index (χ1n) is 10.9. The largest absolute Gasteiger partial charge is 0.423 e. The first kappa shape index (κ1) is 21.9. The summed E-state index contributed by atoms with van der Waals surface area (Å²) in [5.41, 5.74) is 0.0330. The Morgan fingerprint density at radius 3 is 2.71 bits per heavy atom. The predicted octanol–water partition coefficient (Wildman–Crippen LogP) is 4.18. The van der Waals surface area contributed by atoms with Crippen molar-refractivity contribution in [2.24, 2.45) is 5.92 Å². The number of nitrogens with zero attached hydrogens (tertiary/aromatic N) is 5. The summed E-state index contributed by atoms with van der Waals surface area (Å²) in [5, 5.41) is 10.8. The van der Waals surface area contributed by atoms with Crippen molar-refractivity contribution >= 4 is 23.0 Å². The number of likely N-dealkylation sites (tertiary alicyclic amines) is 1. The first-order chi connectivity index (χ1) is 16.4. The topological polar surface area (TPSA) is 89.1 Å². The first-order valence-corrected chi connectivity index (χ1v) is 10.9. The Balaban J connectivity index is 1.44. The van der Waals surface area contributed by atoms with Gasteiger partial charge in [-0.3, -0.25) is 4.79 Å². The molecule has 4 aromatic rings. The van der Waals surface area contributed by atoms with E-state index in [4.69, 9.17) is 4.42 Å². The van der Waals surface area contributed by atoms with Crippen molar-refractivity contribution in [2.45, 2.75) is 25.8 Å². The third-order valence-electron chi connectivity index (χ3n) is 6.10. The van der Waals surface area contributed by atoms with Gasteiger partial charge in [-0.15, -0.1) is 4.80 Å². The number of hydrogen-bond donors (Lipinski definition) is 1. The minimum Gasteiger partial charge on any atom is -0.423 e. The summed E-state index contributed by atoms with van der Waals surface area (Å²) >= 11 is 0. The smallest absolute Gasteiger partial charge is 0.295 e. The standard InChI is InChI=1S/C23H21F3N6O2/c1-13-3-2-10-31(18(13)12-27-23-30-17-7-4-14(24)11-19(17)34-23)22(33)20-15(25)5-6-16(26)21(20)32-28-8-9-29-32/h4-9,11,13,18H,2-3,10,12H2,1H3,(H,27,30)/t13-,18-/m1/s1. The normalized spacial score (nSPS) is 18.4. The molecule has 0 spiro atoms. The van der Waals surface area contributed by atoms with Crippen molar-refractivity contribution in [2.75, 3.05) is 18.4 Å². The third-order valence-corrected chi connectivity index (χ3v) is 6.10. The molecule has 2 atom stereocenters. The molecular formula is C23H21F3N6O2. The summed E-state index contributed by atoms with van der Waals surface area (Å²) in [7, 11) is 0. The van der Waals surface area contributed by atoms with Crippen LogP contribution in [0.15, 0.2) is 47.1 Å². The van der Waals surface area contributed by atoms with Gasteiger partial charge >= 0.3 is 0 Å². The van der Waals surface area contributed by atoms with Crippen LogP contribution in [0.1, 0.15) is 30.1 Å². The quantitative estimate of drug-likeness (QED) is 0.471. The summed E-state index contributed by atoms with van der Waals surface area (Å²) in [5.74, 6) is -2.69. The Hall–Kier alpha value is -3.89. The molecule has 2 aromatic carbocycles. The van der Waals surface area contributed by atoms with Gasteiger partial charge in [-0.25, -0.2) is 13.2 Å². The van der Waals surface area contributed by atoms with Gasteiger partial charge in [0.05, 0.1) is 18.4 Å². The van der Waals surface area contributed by atoms with Crippen molar-refractivity contribution in [1.82, 2.24) is 24.9 Å². The molecule has 34 heavy (non-hydrogen) atoms. The molecule has 5 rings (SSSR count). The van der Waals surface area contributed by atoms with E-state index in [0.717, 1.165) is 29.8 Å². The zero-order valence-corrected chi connectivity index (χ0v) is 18.2. The molecule has 0 bridgehead atoms. The fraction of sp³-hybridized carbons (Fsp3) is 0.304. The Kier molecular flexibility index (Phi) is 5.68. The number of nitrogens with one attached hydrogen (secondary N) is 1. The van der Waals surface area contributed by atoms with E-state index in [0.29, 0.717) is 17.6 Å². The number of fused-ring (bicyclic) bond motifs is 1. The van der Waals surface area contributed by atoms with Crippen LogP contribution in [0.4, 0.5) is 19.2 Å². The molecule has 1 fully saturated rings. The number of amides is 1. The van der Waals surface area contributed by atoms with Crippen molar-refractivity contribution in [3.63, 3.8) is 0 Å². The number of aromatic nitrogens is 4. The minimum atomic E-state index is -0.857.